The molecular weight excluding hydrogens is 174 g/mol. The van der Waals surface area contributed by atoms with Crippen LogP contribution in [0.5, 0.6) is 0 Å². The maximum atomic E-state index is 11.3. The molecule has 0 aromatic carbocycles. The van der Waals surface area contributed by atoms with E-state index in [1.54, 1.807) is 0 Å². The second-order valence-electron chi connectivity index (χ2n) is 2.38. The number of nitrogens with two attached hydrogens (primary N) is 1. The molecule has 0 amide bonds. The Hall–Kier alpha value is -1.20. The second kappa shape index (κ2) is 2.69. The van der Waals surface area contributed by atoms with Crippen LogP contribution in [0.25, 0.3) is 10.2 Å². The lowest BCUT2D eigenvalue weighted by Crippen LogP contribution is -2.08. The van der Waals surface area contributed by atoms with Crippen molar-refractivity contribution in [2.24, 2.45) is 5.73 Å². The summed E-state index contributed by atoms with van der Waals surface area (Å²) in [4.78, 5) is 18.6. The molecule has 0 radical (unpaired) electrons. The van der Waals surface area contributed by atoms with E-state index >= 15 is 0 Å². The minimum Gasteiger partial charge on any atom is -0.326 e. The standard InChI is InChI=1S/C7H7N3OS/c8-1-4-2-12-7-5(4)6(11)9-3-10-7/h2-3H,1,8H2,(H,9,10,11). The van der Waals surface area contributed by atoms with E-state index in [0.717, 1.165) is 10.4 Å². The number of H-pyrrole nitrogens is 1. The maximum absolute atomic E-state index is 11.3. The van der Waals surface area contributed by atoms with Gasteiger partial charge in [0.1, 0.15) is 4.83 Å². The lowest BCUT2D eigenvalue weighted by atomic mass is 10.2. The Labute approximate surface area is 72.1 Å². The van der Waals surface area contributed by atoms with E-state index in [0.29, 0.717) is 11.9 Å². The topological polar surface area (TPSA) is 71.8 Å². The Morgan fingerprint density at radius 2 is 2.50 bits per heavy atom. The van der Waals surface area contributed by atoms with Crippen molar-refractivity contribution in [1.82, 2.24) is 9.97 Å². The van der Waals surface area contributed by atoms with Crippen molar-refractivity contribution in [2.75, 3.05) is 0 Å². The Kier molecular flexibility index (Phi) is 1.67. The lowest BCUT2D eigenvalue weighted by Gasteiger charge is -1.90. The Bertz CT molecular complexity index is 459. The minimum atomic E-state index is -0.110. The molecular formula is C7H7N3OS. The molecule has 12 heavy (non-hydrogen) atoms. The number of thiophene rings is 1. The van der Waals surface area contributed by atoms with Gasteiger partial charge in [-0.25, -0.2) is 4.98 Å². The van der Waals surface area contributed by atoms with Crippen molar-refractivity contribution in [2.45, 2.75) is 6.54 Å². The largest absolute Gasteiger partial charge is 0.326 e. The summed E-state index contributed by atoms with van der Waals surface area (Å²) in [6.07, 6.45) is 1.40. The van der Waals surface area contributed by atoms with Crippen molar-refractivity contribution in [1.29, 1.82) is 0 Å². The number of nitrogens with zero attached hydrogens (tertiary/aromatic N) is 1. The zero-order valence-corrected chi connectivity index (χ0v) is 7.02. The van der Waals surface area contributed by atoms with Gasteiger partial charge in [0.05, 0.1) is 11.7 Å². The highest BCUT2D eigenvalue weighted by atomic mass is 32.1. The van der Waals surface area contributed by atoms with Crippen LogP contribution in [0.2, 0.25) is 0 Å². The molecule has 5 heteroatoms. The quantitative estimate of drug-likeness (QED) is 0.670. The molecule has 0 atom stereocenters. The highest BCUT2D eigenvalue weighted by Gasteiger charge is 2.06. The van der Waals surface area contributed by atoms with Gasteiger partial charge in [-0.2, -0.15) is 0 Å². The molecule has 0 bridgehead atoms. The van der Waals surface area contributed by atoms with Gasteiger partial charge in [0.15, 0.2) is 0 Å². The predicted octanol–water partition coefficient (Wildman–Crippen LogP) is 0.443. The summed E-state index contributed by atoms with van der Waals surface area (Å²) in [6, 6.07) is 0. The van der Waals surface area contributed by atoms with Crippen LogP contribution in [-0.2, 0) is 6.54 Å². The molecule has 0 saturated carbocycles. The van der Waals surface area contributed by atoms with Crippen LogP contribution < -0.4 is 11.3 Å². The maximum Gasteiger partial charge on any atom is 0.259 e. The predicted molar refractivity (Wildman–Crippen MR) is 48.1 cm³/mol. The molecule has 62 valence electrons. The van der Waals surface area contributed by atoms with Gasteiger partial charge in [-0.05, 0) is 10.9 Å². The lowest BCUT2D eigenvalue weighted by molar-refractivity contribution is 1.08. The minimum absolute atomic E-state index is 0.110. The van der Waals surface area contributed by atoms with Gasteiger partial charge in [0.25, 0.3) is 5.56 Å². The van der Waals surface area contributed by atoms with Crippen molar-refractivity contribution >= 4 is 21.6 Å². The monoisotopic (exact) mass is 181 g/mol. The van der Waals surface area contributed by atoms with Crippen molar-refractivity contribution in [3.8, 4) is 0 Å². The molecule has 2 aromatic heterocycles. The molecule has 2 aromatic rings. The van der Waals surface area contributed by atoms with Gasteiger partial charge >= 0.3 is 0 Å². The summed E-state index contributed by atoms with van der Waals surface area (Å²) in [7, 11) is 0. The average Bonchev–Trinajstić information content (AvgIpc) is 2.49. The fourth-order valence-corrected chi connectivity index (χ4v) is 2.02. The molecule has 0 aliphatic rings. The number of fused-ring (bicyclic) bond motifs is 1. The third kappa shape index (κ3) is 0.945. The van der Waals surface area contributed by atoms with Crippen LogP contribution >= 0.6 is 11.3 Å². The van der Waals surface area contributed by atoms with E-state index in [1.807, 2.05) is 5.38 Å². The second-order valence-corrected chi connectivity index (χ2v) is 3.23. The molecule has 4 nitrogen and oxygen atoms in total. The Morgan fingerprint density at radius 3 is 3.25 bits per heavy atom. The normalized spacial score (nSPS) is 10.8. The van der Waals surface area contributed by atoms with E-state index in [9.17, 15) is 4.79 Å². The van der Waals surface area contributed by atoms with Crippen molar-refractivity contribution in [3.05, 3.63) is 27.6 Å². The van der Waals surface area contributed by atoms with E-state index in [4.69, 9.17) is 5.73 Å². The van der Waals surface area contributed by atoms with Crippen LogP contribution in [0, 0.1) is 0 Å². The van der Waals surface area contributed by atoms with E-state index < -0.39 is 0 Å². The zero-order chi connectivity index (χ0) is 8.55. The fraction of sp³-hybridized carbons (Fsp3) is 0.143. The first-order valence-corrected chi connectivity index (χ1v) is 4.34. The Balaban J connectivity index is 2.92. The fourth-order valence-electron chi connectivity index (χ4n) is 1.09. The van der Waals surface area contributed by atoms with Crippen LogP contribution in [0.15, 0.2) is 16.5 Å². The third-order valence-corrected chi connectivity index (χ3v) is 2.61. The van der Waals surface area contributed by atoms with Crippen LogP contribution in [0.4, 0.5) is 0 Å². The van der Waals surface area contributed by atoms with Crippen molar-refractivity contribution in [3.63, 3.8) is 0 Å². The number of hydrogen-bond donors (Lipinski definition) is 2. The van der Waals surface area contributed by atoms with Crippen LogP contribution in [-0.4, -0.2) is 9.97 Å². The molecule has 0 spiro atoms. The summed E-state index contributed by atoms with van der Waals surface area (Å²) < 4.78 is 0. The Morgan fingerprint density at radius 1 is 1.67 bits per heavy atom. The molecule has 0 fully saturated rings. The molecule has 0 aliphatic heterocycles. The molecule has 2 heterocycles. The van der Waals surface area contributed by atoms with Gasteiger partial charge in [-0.3, -0.25) is 4.79 Å². The molecule has 0 saturated heterocycles. The first-order chi connectivity index (χ1) is 5.83. The van der Waals surface area contributed by atoms with Gasteiger partial charge in [0.2, 0.25) is 0 Å². The summed E-state index contributed by atoms with van der Waals surface area (Å²) in [5.41, 5.74) is 6.21. The number of nitrogens with one attached hydrogen (secondary N) is 1. The van der Waals surface area contributed by atoms with E-state index in [1.165, 1.54) is 17.7 Å². The number of aromatic amines is 1. The summed E-state index contributed by atoms with van der Waals surface area (Å²) in [5, 5.41) is 2.50. The average molecular weight is 181 g/mol. The van der Waals surface area contributed by atoms with Gasteiger partial charge in [-0.1, -0.05) is 0 Å². The first-order valence-electron chi connectivity index (χ1n) is 3.46. The number of hydrogen-bond acceptors (Lipinski definition) is 4. The SMILES string of the molecule is NCc1csc2nc[nH]c(=O)c12. The van der Waals surface area contributed by atoms with Crippen LogP contribution in [0.3, 0.4) is 0 Å². The summed E-state index contributed by atoms with van der Waals surface area (Å²) in [6.45, 7) is 0.384. The van der Waals surface area contributed by atoms with Gasteiger partial charge in [-0.15, -0.1) is 11.3 Å². The molecule has 3 N–H and O–H groups in total. The number of aromatic nitrogens is 2. The molecule has 2 rings (SSSR count). The molecule has 0 unspecified atom stereocenters. The smallest absolute Gasteiger partial charge is 0.259 e. The first kappa shape index (κ1) is 7.45. The van der Waals surface area contributed by atoms with E-state index in [2.05, 4.69) is 9.97 Å². The summed E-state index contributed by atoms with van der Waals surface area (Å²) in [5.74, 6) is 0. The van der Waals surface area contributed by atoms with E-state index in [-0.39, 0.29) is 5.56 Å². The van der Waals surface area contributed by atoms with Crippen molar-refractivity contribution < 1.29 is 0 Å². The third-order valence-electron chi connectivity index (χ3n) is 1.67. The van der Waals surface area contributed by atoms with Gasteiger partial charge < -0.3 is 10.7 Å². The highest BCUT2D eigenvalue weighted by molar-refractivity contribution is 7.16. The summed E-state index contributed by atoms with van der Waals surface area (Å²) >= 11 is 1.44. The zero-order valence-electron chi connectivity index (χ0n) is 6.20. The highest BCUT2D eigenvalue weighted by Crippen LogP contribution is 2.19. The number of rotatable bonds is 1. The van der Waals surface area contributed by atoms with Gasteiger partial charge in [0, 0.05) is 6.54 Å². The van der Waals surface area contributed by atoms with Crippen LogP contribution in [0.1, 0.15) is 5.56 Å². The molecule has 0 aliphatic carbocycles.